The lowest BCUT2D eigenvalue weighted by Gasteiger charge is -2.46. The first-order valence-corrected chi connectivity index (χ1v) is 7.63. The molecule has 1 aliphatic carbocycles. The molecule has 20 heavy (non-hydrogen) atoms. The molecule has 3 rings (SSSR count). The van der Waals surface area contributed by atoms with E-state index in [1.54, 1.807) is 0 Å². The Labute approximate surface area is 120 Å². The summed E-state index contributed by atoms with van der Waals surface area (Å²) in [5, 5.41) is 0. The molecule has 1 heterocycles. The average molecular weight is 274 g/mol. The zero-order valence-corrected chi connectivity index (χ0v) is 12.1. The molecule has 3 nitrogen and oxygen atoms in total. The van der Waals surface area contributed by atoms with Gasteiger partial charge in [-0.25, -0.2) is 0 Å². The SMILES string of the molecule is CCOc1ccc(C(=O)C2CCOC3(CCC3)C2)cc1. The standard InChI is InChI=1S/C17H22O3/c1-2-19-15-6-4-13(5-7-15)16(18)14-8-11-20-17(12-14)9-3-10-17/h4-7,14H,2-3,8-12H2,1H3. The lowest BCUT2D eigenvalue weighted by atomic mass is 9.70. The van der Waals surface area contributed by atoms with Gasteiger partial charge in [0.1, 0.15) is 5.75 Å². The third-order valence-electron chi connectivity index (χ3n) is 4.58. The van der Waals surface area contributed by atoms with E-state index in [-0.39, 0.29) is 17.3 Å². The van der Waals surface area contributed by atoms with Crippen LogP contribution in [-0.2, 0) is 4.74 Å². The first kappa shape index (κ1) is 13.6. The summed E-state index contributed by atoms with van der Waals surface area (Å²) in [6.45, 7) is 3.34. The highest BCUT2D eigenvalue weighted by Gasteiger charge is 2.44. The number of Topliss-reactive ketones (excluding diaryl/α,β-unsaturated/α-hetero) is 1. The fraction of sp³-hybridized carbons (Fsp3) is 0.588. The monoisotopic (exact) mass is 274 g/mol. The summed E-state index contributed by atoms with van der Waals surface area (Å²) in [5.74, 6) is 1.22. The van der Waals surface area contributed by atoms with E-state index < -0.39 is 0 Å². The van der Waals surface area contributed by atoms with Crippen molar-refractivity contribution in [2.24, 2.45) is 5.92 Å². The normalized spacial score (nSPS) is 24.1. The van der Waals surface area contributed by atoms with Gasteiger partial charge < -0.3 is 9.47 Å². The minimum Gasteiger partial charge on any atom is -0.494 e. The van der Waals surface area contributed by atoms with Gasteiger partial charge in [0.2, 0.25) is 0 Å². The van der Waals surface area contributed by atoms with Crippen molar-refractivity contribution >= 4 is 5.78 Å². The summed E-state index contributed by atoms with van der Waals surface area (Å²) in [6.07, 6.45) is 5.25. The van der Waals surface area contributed by atoms with Crippen LogP contribution in [0, 0.1) is 5.92 Å². The van der Waals surface area contributed by atoms with Gasteiger partial charge in [-0.2, -0.15) is 0 Å². The van der Waals surface area contributed by atoms with Gasteiger partial charge in [-0.15, -0.1) is 0 Å². The van der Waals surface area contributed by atoms with Crippen molar-refractivity contribution in [3.05, 3.63) is 29.8 Å². The molecule has 0 amide bonds. The number of benzene rings is 1. The van der Waals surface area contributed by atoms with Crippen molar-refractivity contribution in [2.75, 3.05) is 13.2 Å². The van der Waals surface area contributed by atoms with Crippen molar-refractivity contribution < 1.29 is 14.3 Å². The van der Waals surface area contributed by atoms with Crippen LogP contribution in [0.2, 0.25) is 0 Å². The lowest BCUT2D eigenvalue weighted by Crippen LogP contribution is -2.47. The van der Waals surface area contributed by atoms with Crippen LogP contribution in [0.15, 0.2) is 24.3 Å². The largest absolute Gasteiger partial charge is 0.494 e. The predicted molar refractivity (Wildman–Crippen MR) is 77.2 cm³/mol. The maximum Gasteiger partial charge on any atom is 0.166 e. The maximum atomic E-state index is 12.6. The van der Waals surface area contributed by atoms with Gasteiger partial charge in [-0.1, -0.05) is 0 Å². The van der Waals surface area contributed by atoms with Gasteiger partial charge in [-0.3, -0.25) is 4.79 Å². The number of ketones is 1. The van der Waals surface area contributed by atoms with Crippen LogP contribution in [0.25, 0.3) is 0 Å². The third-order valence-corrected chi connectivity index (χ3v) is 4.58. The Morgan fingerprint density at radius 1 is 1.35 bits per heavy atom. The Morgan fingerprint density at radius 3 is 2.70 bits per heavy atom. The molecule has 2 aliphatic rings. The fourth-order valence-electron chi connectivity index (χ4n) is 3.29. The molecular weight excluding hydrogens is 252 g/mol. The molecule has 108 valence electrons. The van der Waals surface area contributed by atoms with Crippen molar-refractivity contribution in [3.63, 3.8) is 0 Å². The van der Waals surface area contributed by atoms with Crippen LogP contribution in [0.5, 0.6) is 5.75 Å². The lowest BCUT2D eigenvalue weighted by molar-refractivity contribution is -0.137. The van der Waals surface area contributed by atoms with E-state index in [9.17, 15) is 4.79 Å². The minimum absolute atomic E-state index is 0.0316. The molecule has 0 radical (unpaired) electrons. The van der Waals surface area contributed by atoms with Crippen molar-refractivity contribution in [1.29, 1.82) is 0 Å². The van der Waals surface area contributed by atoms with Crippen LogP contribution in [0.4, 0.5) is 0 Å². The number of ether oxygens (including phenoxy) is 2. The second-order valence-electron chi connectivity index (χ2n) is 5.90. The summed E-state index contributed by atoms with van der Waals surface area (Å²) in [7, 11) is 0. The van der Waals surface area contributed by atoms with Gasteiger partial charge in [0.15, 0.2) is 5.78 Å². The number of rotatable bonds is 4. The van der Waals surface area contributed by atoms with Crippen molar-refractivity contribution in [3.8, 4) is 5.75 Å². The molecule has 2 fully saturated rings. The predicted octanol–water partition coefficient (Wildman–Crippen LogP) is 3.62. The molecular formula is C17H22O3. The number of carbonyl (C=O) groups excluding carboxylic acids is 1. The molecule has 1 spiro atoms. The van der Waals surface area contributed by atoms with E-state index in [0.717, 1.165) is 43.6 Å². The Kier molecular flexibility index (Phi) is 3.79. The van der Waals surface area contributed by atoms with E-state index in [2.05, 4.69) is 0 Å². The summed E-state index contributed by atoms with van der Waals surface area (Å²) >= 11 is 0. The quantitative estimate of drug-likeness (QED) is 0.787. The Morgan fingerprint density at radius 2 is 2.10 bits per heavy atom. The number of hydrogen-bond donors (Lipinski definition) is 0. The van der Waals surface area contributed by atoms with Crippen LogP contribution in [0.1, 0.15) is 49.4 Å². The average Bonchev–Trinajstić information content (AvgIpc) is 2.46. The van der Waals surface area contributed by atoms with Gasteiger partial charge in [0.05, 0.1) is 12.2 Å². The summed E-state index contributed by atoms with van der Waals surface area (Å²) in [5.41, 5.74) is 0.832. The third kappa shape index (κ3) is 2.59. The first-order valence-electron chi connectivity index (χ1n) is 7.63. The Balaban J connectivity index is 1.68. The highest BCUT2D eigenvalue weighted by atomic mass is 16.5. The van der Waals surface area contributed by atoms with E-state index in [1.807, 2.05) is 31.2 Å². The highest BCUT2D eigenvalue weighted by Crippen LogP contribution is 2.44. The van der Waals surface area contributed by atoms with Gasteiger partial charge in [0, 0.05) is 18.1 Å². The smallest absolute Gasteiger partial charge is 0.166 e. The number of hydrogen-bond acceptors (Lipinski definition) is 3. The molecule has 1 atom stereocenters. The molecule has 0 N–H and O–H groups in total. The zero-order valence-electron chi connectivity index (χ0n) is 12.1. The highest BCUT2D eigenvalue weighted by molar-refractivity contribution is 5.98. The van der Waals surface area contributed by atoms with E-state index >= 15 is 0 Å². The van der Waals surface area contributed by atoms with Gasteiger partial charge >= 0.3 is 0 Å². The summed E-state index contributed by atoms with van der Waals surface area (Å²) < 4.78 is 11.3. The van der Waals surface area contributed by atoms with E-state index in [4.69, 9.17) is 9.47 Å². The van der Waals surface area contributed by atoms with E-state index in [1.165, 1.54) is 6.42 Å². The van der Waals surface area contributed by atoms with Crippen LogP contribution in [-0.4, -0.2) is 24.6 Å². The molecule has 0 bridgehead atoms. The van der Waals surface area contributed by atoms with Gasteiger partial charge in [-0.05, 0) is 63.3 Å². The summed E-state index contributed by atoms with van der Waals surface area (Å²) in [4.78, 5) is 12.6. The van der Waals surface area contributed by atoms with Crippen LogP contribution in [0.3, 0.4) is 0 Å². The Hall–Kier alpha value is -1.35. The molecule has 1 aromatic rings. The fourth-order valence-corrected chi connectivity index (χ4v) is 3.29. The molecule has 1 aromatic carbocycles. The second kappa shape index (κ2) is 5.57. The molecule has 1 saturated carbocycles. The van der Waals surface area contributed by atoms with Crippen LogP contribution >= 0.6 is 0 Å². The Bertz CT molecular complexity index is 474. The molecule has 1 saturated heterocycles. The van der Waals surface area contributed by atoms with Crippen molar-refractivity contribution in [1.82, 2.24) is 0 Å². The molecule has 1 aliphatic heterocycles. The maximum absolute atomic E-state index is 12.6. The first-order chi connectivity index (χ1) is 9.72. The molecule has 0 aromatic heterocycles. The van der Waals surface area contributed by atoms with Crippen LogP contribution < -0.4 is 4.74 Å². The van der Waals surface area contributed by atoms with E-state index in [0.29, 0.717) is 6.61 Å². The van der Waals surface area contributed by atoms with Crippen molar-refractivity contribution in [2.45, 2.75) is 44.6 Å². The topological polar surface area (TPSA) is 35.5 Å². The number of carbonyl (C=O) groups is 1. The van der Waals surface area contributed by atoms with Gasteiger partial charge in [0.25, 0.3) is 0 Å². The molecule has 1 unspecified atom stereocenters. The molecule has 3 heteroatoms. The summed E-state index contributed by atoms with van der Waals surface area (Å²) in [6, 6.07) is 7.54. The zero-order chi connectivity index (χ0) is 14.0. The minimum atomic E-state index is 0.0316. The second-order valence-corrected chi connectivity index (χ2v) is 5.90.